The molecule has 0 saturated heterocycles. The second kappa shape index (κ2) is 7.72. The highest BCUT2D eigenvalue weighted by Gasteiger charge is 2.24. The minimum Gasteiger partial charge on any atom is -0.490 e. The molecule has 0 spiro atoms. The molecule has 1 aromatic heterocycles. The third kappa shape index (κ3) is 4.21. The Morgan fingerprint density at radius 1 is 1.32 bits per heavy atom. The monoisotopic (exact) mass is 341 g/mol. The molecule has 1 amide bonds. The second-order valence-electron chi connectivity index (χ2n) is 6.91. The molecular weight excluding hydrogens is 314 g/mol. The van der Waals surface area contributed by atoms with Crippen molar-refractivity contribution in [1.29, 1.82) is 0 Å². The topological polar surface area (TPSA) is 77.2 Å². The number of amides is 1. The molecule has 1 aliphatic rings. The number of carbonyl (C=O) groups is 1. The van der Waals surface area contributed by atoms with Crippen LogP contribution in [0.1, 0.15) is 51.1 Å². The van der Waals surface area contributed by atoms with Gasteiger partial charge in [-0.05, 0) is 57.2 Å². The predicted octanol–water partition coefficient (Wildman–Crippen LogP) is 3.73. The molecule has 3 N–H and O–H groups in total. The minimum absolute atomic E-state index is 0.158. The first-order chi connectivity index (χ1) is 12.1. The molecule has 1 aromatic carbocycles. The van der Waals surface area contributed by atoms with Crippen molar-refractivity contribution in [3.05, 3.63) is 30.0 Å². The molecule has 0 atom stereocenters. The fourth-order valence-corrected chi connectivity index (χ4v) is 3.55. The normalized spacial score (nSPS) is 20.4. The van der Waals surface area contributed by atoms with E-state index in [2.05, 4.69) is 10.3 Å². The van der Waals surface area contributed by atoms with Crippen molar-refractivity contribution in [3.8, 4) is 5.75 Å². The van der Waals surface area contributed by atoms with Gasteiger partial charge in [-0.25, -0.2) is 0 Å². The smallest absolute Gasteiger partial charge is 0.220 e. The summed E-state index contributed by atoms with van der Waals surface area (Å²) in [4.78, 5) is 16.3. The third-order valence-corrected chi connectivity index (χ3v) is 4.76. The number of nitrogens with one attached hydrogen (secondary N) is 1. The quantitative estimate of drug-likeness (QED) is 0.868. The summed E-state index contributed by atoms with van der Waals surface area (Å²) in [6, 6.07) is 8.05. The van der Waals surface area contributed by atoms with Gasteiger partial charge in [-0.2, -0.15) is 0 Å². The molecule has 1 saturated carbocycles. The highest BCUT2D eigenvalue weighted by Crippen LogP contribution is 2.33. The molecule has 0 unspecified atom stereocenters. The van der Waals surface area contributed by atoms with Crippen LogP contribution >= 0.6 is 0 Å². The SMILES string of the molecule is CCCC(=O)NC1CCC(Oc2cccc3nc(C)cc(N)c23)CC1. The number of pyridine rings is 1. The number of aryl methyl sites for hydroxylation is 1. The summed E-state index contributed by atoms with van der Waals surface area (Å²) in [6.07, 6.45) is 5.44. The number of carbonyl (C=O) groups excluding carboxylic acids is 1. The lowest BCUT2D eigenvalue weighted by Gasteiger charge is -2.30. The van der Waals surface area contributed by atoms with E-state index >= 15 is 0 Å². The van der Waals surface area contributed by atoms with Crippen LogP contribution in [0.5, 0.6) is 5.75 Å². The molecule has 2 aromatic rings. The zero-order valence-corrected chi connectivity index (χ0v) is 15.0. The Balaban J connectivity index is 1.65. The first-order valence-corrected chi connectivity index (χ1v) is 9.18. The van der Waals surface area contributed by atoms with Crippen molar-refractivity contribution in [2.24, 2.45) is 0 Å². The summed E-state index contributed by atoms with van der Waals surface area (Å²) >= 11 is 0. The fourth-order valence-electron chi connectivity index (χ4n) is 3.55. The average Bonchev–Trinajstić information content (AvgIpc) is 2.56. The van der Waals surface area contributed by atoms with E-state index in [4.69, 9.17) is 10.5 Å². The predicted molar refractivity (Wildman–Crippen MR) is 101 cm³/mol. The molecule has 0 aliphatic heterocycles. The Kier molecular flexibility index (Phi) is 5.41. The maximum Gasteiger partial charge on any atom is 0.220 e. The molecule has 3 rings (SSSR count). The van der Waals surface area contributed by atoms with Gasteiger partial charge in [0.2, 0.25) is 5.91 Å². The van der Waals surface area contributed by atoms with Gasteiger partial charge in [0.15, 0.2) is 0 Å². The van der Waals surface area contributed by atoms with E-state index in [1.807, 2.05) is 38.1 Å². The van der Waals surface area contributed by atoms with Crippen LogP contribution in [0.4, 0.5) is 5.69 Å². The molecule has 134 valence electrons. The zero-order chi connectivity index (χ0) is 17.8. The lowest BCUT2D eigenvalue weighted by atomic mass is 9.92. The van der Waals surface area contributed by atoms with E-state index in [0.717, 1.165) is 54.5 Å². The molecule has 0 bridgehead atoms. The summed E-state index contributed by atoms with van der Waals surface area (Å²) in [6.45, 7) is 3.97. The Morgan fingerprint density at radius 3 is 2.80 bits per heavy atom. The van der Waals surface area contributed by atoms with Gasteiger partial charge in [0.05, 0.1) is 17.0 Å². The van der Waals surface area contributed by atoms with E-state index < -0.39 is 0 Å². The number of hydrogen-bond acceptors (Lipinski definition) is 4. The zero-order valence-electron chi connectivity index (χ0n) is 15.0. The summed E-state index contributed by atoms with van der Waals surface area (Å²) in [5.74, 6) is 0.969. The van der Waals surface area contributed by atoms with Gasteiger partial charge in [-0.1, -0.05) is 13.0 Å². The van der Waals surface area contributed by atoms with Crippen molar-refractivity contribution in [2.75, 3.05) is 5.73 Å². The molecule has 25 heavy (non-hydrogen) atoms. The van der Waals surface area contributed by atoms with E-state index in [-0.39, 0.29) is 18.1 Å². The number of anilines is 1. The standard InChI is InChI=1S/C20H27N3O2/c1-3-5-19(24)23-14-8-10-15(11-9-14)25-18-7-4-6-17-20(18)16(21)12-13(2)22-17/h4,6-7,12,14-15H,3,5,8-11H2,1-2H3,(H2,21,22)(H,23,24). The number of aromatic nitrogens is 1. The van der Waals surface area contributed by atoms with Gasteiger partial charge in [-0.15, -0.1) is 0 Å². The van der Waals surface area contributed by atoms with Gasteiger partial charge in [-0.3, -0.25) is 9.78 Å². The molecule has 1 heterocycles. The maximum atomic E-state index is 11.7. The number of hydrogen-bond donors (Lipinski definition) is 2. The number of nitrogens with zero attached hydrogens (tertiary/aromatic N) is 1. The number of nitrogen functional groups attached to an aromatic ring is 1. The molecule has 0 radical (unpaired) electrons. The van der Waals surface area contributed by atoms with Crippen LogP contribution < -0.4 is 15.8 Å². The van der Waals surface area contributed by atoms with Crippen LogP contribution in [0.2, 0.25) is 0 Å². The number of nitrogens with two attached hydrogens (primary N) is 1. The summed E-state index contributed by atoms with van der Waals surface area (Å²) in [5.41, 5.74) is 8.69. The van der Waals surface area contributed by atoms with Gasteiger partial charge < -0.3 is 15.8 Å². The Labute approximate surface area is 149 Å². The molecule has 5 nitrogen and oxygen atoms in total. The number of benzene rings is 1. The van der Waals surface area contributed by atoms with Crippen LogP contribution in [0.3, 0.4) is 0 Å². The van der Waals surface area contributed by atoms with Crippen LogP contribution in [-0.4, -0.2) is 23.0 Å². The molecule has 1 fully saturated rings. The first kappa shape index (κ1) is 17.5. The van der Waals surface area contributed by atoms with Crippen molar-refractivity contribution in [2.45, 2.75) is 64.5 Å². The van der Waals surface area contributed by atoms with Gasteiger partial charge in [0.1, 0.15) is 5.75 Å². The molecular formula is C20H27N3O2. The van der Waals surface area contributed by atoms with E-state index in [1.54, 1.807) is 0 Å². The average molecular weight is 341 g/mol. The van der Waals surface area contributed by atoms with Crippen LogP contribution in [0, 0.1) is 6.92 Å². The van der Waals surface area contributed by atoms with Crippen molar-refractivity contribution >= 4 is 22.5 Å². The Morgan fingerprint density at radius 2 is 2.08 bits per heavy atom. The van der Waals surface area contributed by atoms with Crippen LogP contribution in [-0.2, 0) is 4.79 Å². The van der Waals surface area contributed by atoms with Gasteiger partial charge in [0.25, 0.3) is 0 Å². The van der Waals surface area contributed by atoms with E-state index in [9.17, 15) is 4.79 Å². The highest BCUT2D eigenvalue weighted by molar-refractivity contribution is 5.95. The van der Waals surface area contributed by atoms with Crippen LogP contribution in [0.25, 0.3) is 10.9 Å². The van der Waals surface area contributed by atoms with Crippen molar-refractivity contribution < 1.29 is 9.53 Å². The summed E-state index contributed by atoms with van der Waals surface area (Å²) in [7, 11) is 0. The summed E-state index contributed by atoms with van der Waals surface area (Å²) < 4.78 is 6.26. The number of fused-ring (bicyclic) bond motifs is 1. The van der Waals surface area contributed by atoms with E-state index in [0.29, 0.717) is 12.1 Å². The van der Waals surface area contributed by atoms with Crippen molar-refractivity contribution in [3.63, 3.8) is 0 Å². The molecule has 1 aliphatic carbocycles. The molecule has 5 heteroatoms. The largest absolute Gasteiger partial charge is 0.490 e. The number of ether oxygens (including phenoxy) is 1. The highest BCUT2D eigenvalue weighted by atomic mass is 16.5. The second-order valence-corrected chi connectivity index (χ2v) is 6.91. The Hall–Kier alpha value is -2.30. The number of rotatable bonds is 5. The third-order valence-electron chi connectivity index (χ3n) is 4.76. The van der Waals surface area contributed by atoms with Crippen LogP contribution in [0.15, 0.2) is 24.3 Å². The van der Waals surface area contributed by atoms with Gasteiger partial charge in [0, 0.05) is 23.8 Å². The minimum atomic E-state index is 0.158. The lowest BCUT2D eigenvalue weighted by molar-refractivity contribution is -0.122. The Bertz CT molecular complexity index is 752. The van der Waals surface area contributed by atoms with Crippen molar-refractivity contribution in [1.82, 2.24) is 10.3 Å². The lowest BCUT2D eigenvalue weighted by Crippen LogP contribution is -2.39. The maximum absolute atomic E-state index is 11.7. The fraction of sp³-hybridized carbons (Fsp3) is 0.500. The van der Waals surface area contributed by atoms with E-state index in [1.165, 1.54) is 0 Å². The summed E-state index contributed by atoms with van der Waals surface area (Å²) in [5, 5.41) is 4.02. The van der Waals surface area contributed by atoms with Gasteiger partial charge >= 0.3 is 0 Å². The first-order valence-electron chi connectivity index (χ1n) is 9.18.